The van der Waals surface area contributed by atoms with Crippen molar-refractivity contribution in [2.75, 3.05) is 0 Å². The average Bonchev–Trinajstić information content (AvgIpc) is 2.05. The lowest BCUT2D eigenvalue weighted by molar-refractivity contribution is -0.165. The lowest BCUT2D eigenvalue weighted by atomic mass is 10.2. The maximum atomic E-state index is 9.77. The zero-order chi connectivity index (χ0) is 10.3. The predicted molar refractivity (Wildman–Crippen MR) is 32.2 cm³/mol. The van der Waals surface area contributed by atoms with Gasteiger partial charge in [0.05, 0.1) is 0 Å². The number of hydrogen-bond donors (Lipinski definition) is 5. The average molecular weight is 182 g/mol. The summed E-state index contributed by atoms with van der Waals surface area (Å²) in [4.78, 5) is 19.5. The first-order valence-electron chi connectivity index (χ1n) is 2.52. The van der Waals surface area contributed by atoms with Crippen molar-refractivity contribution in [1.82, 2.24) is 0 Å². The van der Waals surface area contributed by atoms with Crippen molar-refractivity contribution in [3.05, 3.63) is 0 Å². The lowest BCUT2D eigenvalue weighted by Crippen LogP contribution is -2.39. The van der Waals surface area contributed by atoms with Crippen LogP contribution >= 0.6 is 0 Å². The van der Waals surface area contributed by atoms with Crippen LogP contribution in [0.5, 0.6) is 0 Å². The van der Waals surface area contributed by atoms with E-state index in [1.165, 1.54) is 0 Å². The van der Waals surface area contributed by atoms with Crippen LogP contribution in [0.2, 0.25) is 0 Å². The third kappa shape index (κ3) is 4.57. The molecule has 71 valence electrons. The lowest BCUT2D eigenvalue weighted by Gasteiger charge is -2.07. The minimum absolute atomic E-state index is 1.77. The van der Waals surface area contributed by atoms with Crippen molar-refractivity contribution in [3.63, 3.8) is 0 Å². The Morgan fingerprint density at radius 2 is 1.08 bits per heavy atom. The molecule has 12 heavy (non-hydrogen) atoms. The Morgan fingerprint density at radius 1 is 0.917 bits per heavy atom. The molecule has 0 aliphatic heterocycles. The van der Waals surface area contributed by atoms with Crippen molar-refractivity contribution < 1.29 is 35.2 Å². The summed E-state index contributed by atoms with van der Waals surface area (Å²) in [6, 6.07) is 0. The van der Waals surface area contributed by atoms with E-state index in [1.54, 1.807) is 0 Å². The van der Waals surface area contributed by atoms with E-state index in [0.717, 1.165) is 0 Å². The van der Waals surface area contributed by atoms with Gasteiger partial charge in [0.25, 0.3) is 0 Å². The zero-order valence-electron chi connectivity index (χ0n) is 5.75. The van der Waals surface area contributed by atoms with Crippen LogP contribution in [0, 0.1) is 0 Å². The highest BCUT2D eigenvalue weighted by Crippen LogP contribution is 1.92. The van der Waals surface area contributed by atoms with Crippen molar-refractivity contribution in [2.45, 2.75) is 12.2 Å². The number of aliphatic hydroxyl groups excluding tert-OH is 2. The van der Waals surface area contributed by atoms with Gasteiger partial charge in [-0.15, -0.1) is 5.21 Å². The number of hydrogen-bond acceptors (Lipinski definition) is 5. The maximum absolute atomic E-state index is 9.77. The van der Waals surface area contributed by atoms with E-state index < -0.39 is 24.1 Å². The molecule has 0 heterocycles. The number of aliphatic hydroxyl groups is 2. The van der Waals surface area contributed by atoms with E-state index >= 15 is 0 Å². The molecular weight excluding hydrogens is 174 g/mol. The highest BCUT2D eigenvalue weighted by molar-refractivity contribution is 5.82. The summed E-state index contributed by atoms with van der Waals surface area (Å²) in [6.07, 6.45) is -4.53. The molecule has 8 heteroatoms. The van der Waals surface area contributed by atoms with E-state index in [2.05, 4.69) is 5.90 Å². The molecule has 1 radical (unpaired) electrons. The third-order valence-electron chi connectivity index (χ3n) is 0.805. The molecule has 0 saturated heterocycles. The van der Waals surface area contributed by atoms with Gasteiger partial charge < -0.3 is 20.4 Å². The van der Waals surface area contributed by atoms with Crippen LogP contribution in [0.3, 0.4) is 0 Å². The number of rotatable bonds is 3. The van der Waals surface area contributed by atoms with Gasteiger partial charge in [-0.1, -0.05) is 0 Å². The monoisotopic (exact) mass is 182 g/mol. The first kappa shape index (κ1) is 13.4. The molecule has 6 N–H and O–H groups in total. The molecule has 0 bridgehead atoms. The normalized spacial score (nSPS) is 13.7. The van der Waals surface area contributed by atoms with E-state index in [-0.39, 0.29) is 0 Å². The van der Waals surface area contributed by atoms with Gasteiger partial charge in [0.15, 0.2) is 12.2 Å². The Labute approximate surface area is 66.4 Å². The van der Waals surface area contributed by atoms with Gasteiger partial charge in [-0.2, -0.15) is 5.90 Å². The van der Waals surface area contributed by atoms with Gasteiger partial charge in [-0.3, -0.25) is 0 Å². The van der Waals surface area contributed by atoms with E-state index in [9.17, 15) is 9.59 Å². The van der Waals surface area contributed by atoms with Crippen molar-refractivity contribution in [2.24, 2.45) is 5.90 Å². The zero-order valence-corrected chi connectivity index (χ0v) is 5.75. The predicted octanol–water partition coefficient (Wildman–Crippen LogP) is -2.83. The molecule has 0 saturated carbocycles. The van der Waals surface area contributed by atoms with E-state index in [4.69, 9.17) is 25.6 Å². The smallest absolute Gasteiger partial charge is 0.335 e. The number of nitrogens with two attached hydrogens (primary N) is 1. The minimum atomic E-state index is -2.27. The SMILES string of the molecule is N[O].O=C(O)C(O)C(O)C(=O)O. The Hall–Kier alpha value is -1.22. The number of aliphatic carboxylic acids is 2. The van der Waals surface area contributed by atoms with Crippen LogP contribution in [0.1, 0.15) is 0 Å². The highest BCUT2D eigenvalue weighted by Gasteiger charge is 2.29. The number of carboxylic acids is 2. The summed E-state index contributed by atoms with van der Waals surface area (Å²) in [7, 11) is 0. The van der Waals surface area contributed by atoms with E-state index in [0.29, 0.717) is 0 Å². The second kappa shape index (κ2) is 6.49. The fourth-order valence-electron chi connectivity index (χ4n) is 0.270. The van der Waals surface area contributed by atoms with Gasteiger partial charge in [-0.05, 0) is 0 Å². The van der Waals surface area contributed by atoms with Crippen LogP contribution < -0.4 is 5.90 Å². The fourth-order valence-corrected chi connectivity index (χ4v) is 0.270. The molecule has 0 rings (SSSR count). The molecule has 0 aliphatic carbocycles. The minimum Gasteiger partial charge on any atom is -0.479 e. The first-order chi connectivity index (χ1) is 5.46. The summed E-state index contributed by atoms with van der Waals surface area (Å²) in [6.45, 7) is 0. The summed E-state index contributed by atoms with van der Waals surface area (Å²) >= 11 is 0. The first-order valence-corrected chi connectivity index (χ1v) is 2.52. The molecule has 2 unspecified atom stereocenters. The molecule has 0 aromatic rings. The second-order valence-corrected chi connectivity index (χ2v) is 1.57. The Morgan fingerprint density at radius 3 is 1.17 bits per heavy atom. The summed E-state index contributed by atoms with van der Waals surface area (Å²) in [5.41, 5.74) is 0. The Kier molecular flexibility index (Phi) is 7.23. The number of carboxylic acid groups (broad SMARTS) is 2. The van der Waals surface area contributed by atoms with Crippen molar-refractivity contribution in [3.8, 4) is 0 Å². The second-order valence-electron chi connectivity index (χ2n) is 1.57. The number of carbonyl (C=O) groups is 2. The quantitative estimate of drug-likeness (QED) is 0.294. The molecule has 0 fully saturated rings. The highest BCUT2D eigenvalue weighted by atomic mass is 16.4. The van der Waals surface area contributed by atoms with Crippen molar-refractivity contribution >= 4 is 11.9 Å². The molecule has 0 aromatic carbocycles. The van der Waals surface area contributed by atoms with Gasteiger partial charge in [0, 0.05) is 0 Å². The Bertz CT molecular complexity index is 139. The van der Waals surface area contributed by atoms with Crippen LogP contribution in [0.25, 0.3) is 0 Å². The van der Waals surface area contributed by atoms with Crippen LogP contribution in [-0.4, -0.2) is 44.6 Å². The van der Waals surface area contributed by atoms with Gasteiger partial charge in [0.1, 0.15) is 0 Å². The van der Waals surface area contributed by atoms with Gasteiger partial charge in [0.2, 0.25) is 0 Å². The standard InChI is InChI=1S/C4H6O6.H2NO/c5-1(3(7)8)2(6)4(9)10;1-2/h1-2,5-6H,(H,7,8)(H,9,10);1H2. The van der Waals surface area contributed by atoms with Crippen LogP contribution in [0.4, 0.5) is 0 Å². The van der Waals surface area contributed by atoms with Gasteiger partial charge >= 0.3 is 11.9 Å². The van der Waals surface area contributed by atoms with Crippen LogP contribution in [-0.2, 0) is 14.8 Å². The van der Waals surface area contributed by atoms with E-state index in [1.807, 2.05) is 0 Å². The molecule has 0 aromatic heterocycles. The van der Waals surface area contributed by atoms with Crippen molar-refractivity contribution in [1.29, 1.82) is 0 Å². The summed E-state index contributed by atoms with van der Waals surface area (Å²) in [5.74, 6) is -0.287. The largest absolute Gasteiger partial charge is 0.479 e. The molecule has 0 aliphatic rings. The molecule has 0 amide bonds. The topological polar surface area (TPSA) is 161 Å². The Balaban J connectivity index is 0. The molecule has 2 atom stereocenters. The summed E-state index contributed by atoms with van der Waals surface area (Å²) < 4.78 is 0. The molecular formula is C4H8NO7. The summed E-state index contributed by atoms with van der Waals surface area (Å²) in [5, 5.41) is 40.3. The molecule has 0 spiro atoms. The fraction of sp³-hybridized carbons (Fsp3) is 0.500. The maximum Gasteiger partial charge on any atom is 0.335 e. The van der Waals surface area contributed by atoms with Gasteiger partial charge in [-0.25, -0.2) is 9.59 Å². The molecule has 8 nitrogen and oxygen atoms in total. The van der Waals surface area contributed by atoms with Crippen LogP contribution in [0.15, 0.2) is 0 Å². The third-order valence-corrected chi connectivity index (χ3v) is 0.805.